The molecule has 0 saturated heterocycles. The second-order valence-corrected chi connectivity index (χ2v) is 7.71. The van der Waals surface area contributed by atoms with E-state index in [0.717, 1.165) is 54.6 Å². The maximum atomic E-state index is 12.2. The van der Waals surface area contributed by atoms with Crippen molar-refractivity contribution in [1.82, 2.24) is 4.90 Å². The molecule has 1 atom stereocenters. The average molecular weight is 377 g/mol. The van der Waals surface area contributed by atoms with Crippen LogP contribution in [0.4, 0.5) is 0 Å². The zero-order valence-corrected chi connectivity index (χ0v) is 16.6. The molecule has 4 rings (SSSR count). The minimum absolute atomic E-state index is 0.276. The van der Waals surface area contributed by atoms with Gasteiger partial charge in [-0.05, 0) is 42.0 Å². The molecular formula is C24H27NO3. The average Bonchev–Trinajstić information content (AvgIpc) is 2.72. The van der Waals surface area contributed by atoms with E-state index in [1.54, 1.807) is 6.07 Å². The summed E-state index contributed by atoms with van der Waals surface area (Å²) >= 11 is 0. The highest BCUT2D eigenvalue weighted by Crippen LogP contribution is 2.34. The molecule has 4 nitrogen and oxygen atoms in total. The van der Waals surface area contributed by atoms with Crippen LogP contribution in [0.2, 0.25) is 0 Å². The summed E-state index contributed by atoms with van der Waals surface area (Å²) in [5.41, 5.74) is 3.79. The predicted octanol–water partition coefficient (Wildman–Crippen LogP) is 5.09. The molecule has 146 valence electrons. The van der Waals surface area contributed by atoms with Crippen molar-refractivity contribution >= 4 is 11.0 Å². The van der Waals surface area contributed by atoms with Gasteiger partial charge in [0, 0.05) is 24.5 Å². The molecule has 0 fully saturated rings. The van der Waals surface area contributed by atoms with Gasteiger partial charge in [0.1, 0.15) is 18.1 Å². The molecule has 0 amide bonds. The third-order valence-electron chi connectivity index (χ3n) is 5.54. The predicted molar refractivity (Wildman–Crippen MR) is 112 cm³/mol. The van der Waals surface area contributed by atoms with E-state index >= 15 is 0 Å². The van der Waals surface area contributed by atoms with Crippen molar-refractivity contribution in [2.24, 2.45) is 0 Å². The Labute approximate surface area is 165 Å². The molecule has 4 heteroatoms. The second kappa shape index (κ2) is 8.19. The van der Waals surface area contributed by atoms with Crippen molar-refractivity contribution in [2.45, 2.75) is 45.6 Å². The molecule has 0 unspecified atom stereocenters. The van der Waals surface area contributed by atoms with E-state index in [9.17, 15) is 4.79 Å². The van der Waals surface area contributed by atoms with Crippen LogP contribution in [0.1, 0.15) is 49.3 Å². The van der Waals surface area contributed by atoms with Crippen LogP contribution in [-0.2, 0) is 13.0 Å². The Balaban J connectivity index is 1.63. The fourth-order valence-electron chi connectivity index (χ4n) is 4.01. The van der Waals surface area contributed by atoms with Crippen molar-refractivity contribution in [3.8, 4) is 5.75 Å². The Hall–Kier alpha value is -2.59. The highest BCUT2D eigenvalue weighted by Gasteiger charge is 2.23. The van der Waals surface area contributed by atoms with Gasteiger partial charge < -0.3 is 9.15 Å². The van der Waals surface area contributed by atoms with Crippen LogP contribution in [0.15, 0.2) is 57.7 Å². The highest BCUT2D eigenvalue weighted by atomic mass is 16.5. The molecule has 1 aliphatic heterocycles. The SMILES string of the molecule is CCCCc1cc(=O)oc2c3c(ccc12)OCN(C[C@H](C)c1ccccc1)C3. The lowest BCUT2D eigenvalue weighted by molar-refractivity contribution is 0.0909. The number of ether oxygens (including phenoxy) is 1. The van der Waals surface area contributed by atoms with E-state index in [4.69, 9.17) is 9.15 Å². The molecule has 1 aromatic heterocycles. The van der Waals surface area contributed by atoms with Crippen LogP contribution in [0.5, 0.6) is 5.75 Å². The molecule has 2 heterocycles. The van der Waals surface area contributed by atoms with Crippen LogP contribution in [-0.4, -0.2) is 18.2 Å². The summed E-state index contributed by atoms with van der Waals surface area (Å²) in [6.07, 6.45) is 3.06. The smallest absolute Gasteiger partial charge is 0.336 e. The lowest BCUT2D eigenvalue weighted by Gasteiger charge is -2.31. The maximum Gasteiger partial charge on any atom is 0.336 e. The Morgan fingerprint density at radius 1 is 1.14 bits per heavy atom. The van der Waals surface area contributed by atoms with Gasteiger partial charge in [-0.3, -0.25) is 4.90 Å². The summed E-state index contributed by atoms with van der Waals surface area (Å²) in [7, 11) is 0. The quantitative estimate of drug-likeness (QED) is 0.561. The van der Waals surface area contributed by atoms with Crippen LogP contribution in [0.25, 0.3) is 11.0 Å². The number of hydrogen-bond donors (Lipinski definition) is 0. The summed E-state index contributed by atoms with van der Waals surface area (Å²) < 4.78 is 11.7. The van der Waals surface area contributed by atoms with Crippen LogP contribution in [0.3, 0.4) is 0 Å². The third kappa shape index (κ3) is 3.83. The van der Waals surface area contributed by atoms with Gasteiger partial charge in [-0.25, -0.2) is 4.79 Å². The number of unbranched alkanes of at least 4 members (excludes halogenated alkanes) is 1. The van der Waals surface area contributed by atoms with Crippen LogP contribution in [0, 0.1) is 0 Å². The zero-order chi connectivity index (χ0) is 19.5. The Morgan fingerprint density at radius 2 is 1.96 bits per heavy atom. The number of rotatable bonds is 6. The lowest BCUT2D eigenvalue weighted by Crippen LogP contribution is -2.34. The summed E-state index contributed by atoms with van der Waals surface area (Å²) in [5.74, 6) is 1.22. The molecule has 3 aromatic rings. The van der Waals surface area contributed by atoms with Gasteiger partial charge in [-0.15, -0.1) is 0 Å². The molecule has 0 aliphatic carbocycles. The number of aryl methyl sites for hydroxylation is 1. The summed E-state index contributed by atoms with van der Waals surface area (Å²) in [5, 5.41) is 1.04. The topological polar surface area (TPSA) is 42.7 Å². The van der Waals surface area contributed by atoms with Gasteiger partial charge in [-0.1, -0.05) is 50.6 Å². The normalized spacial score (nSPS) is 15.2. The second-order valence-electron chi connectivity index (χ2n) is 7.71. The number of hydrogen-bond acceptors (Lipinski definition) is 4. The maximum absolute atomic E-state index is 12.2. The monoisotopic (exact) mass is 377 g/mol. The van der Waals surface area contributed by atoms with Gasteiger partial charge in [0.25, 0.3) is 0 Å². The number of nitrogens with zero attached hydrogens (tertiary/aromatic N) is 1. The van der Waals surface area contributed by atoms with E-state index < -0.39 is 0 Å². The first kappa shape index (κ1) is 18.8. The van der Waals surface area contributed by atoms with E-state index in [1.165, 1.54) is 5.56 Å². The molecule has 0 bridgehead atoms. The van der Waals surface area contributed by atoms with E-state index in [1.807, 2.05) is 18.2 Å². The van der Waals surface area contributed by atoms with Crippen molar-refractivity contribution < 1.29 is 9.15 Å². The van der Waals surface area contributed by atoms with Gasteiger partial charge in [0.2, 0.25) is 0 Å². The first-order chi connectivity index (χ1) is 13.7. The van der Waals surface area contributed by atoms with Crippen molar-refractivity contribution in [3.63, 3.8) is 0 Å². The molecule has 0 spiro atoms. The Kier molecular flexibility index (Phi) is 5.49. The number of benzene rings is 2. The molecule has 28 heavy (non-hydrogen) atoms. The van der Waals surface area contributed by atoms with Crippen LogP contribution < -0.4 is 10.4 Å². The lowest BCUT2D eigenvalue weighted by atomic mass is 9.99. The van der Waals surface area contributed by atoms with Crippen LogP contribution >= 0.6 is 0 Å². The minimum atomic E-state index is -0.276. The van der Waals surface area contributed by atoms with Crippen molar-refractivity contribution in [3.05, 3.63) is 75.6 Å². The van der Waals surface area contributed by atoms with E-state index in [-0.39, 0.29) is 5.63 Å². The summed E-state index contributed by atoms with van der Waals surface area (Å²) in [4.78, 5) is 14.5. The Bertz CT molecular complexity index is 1010. The van der Waals surface area contributed by atoms with Gasteiger partial charge in [0.15, 0.2) is 0 Å². The van der Waals surface area contributed by atoms with Crippen molar-refractivity contribution in [2.75, 3.05) is 13.3 Å². The van der Waals surface area contributed by atoms with E-state index in [2.05, 4.69) is 43.0 Å². The minimum Gasteiger partial charge on any atom is -0.478 e. The molecule has 1 aliphatic rings. The zero-order valence-electron chi connectivity index (χ0n) is 16.6. The largest absolute Gasteiger partial charge is 0.478 e. The van der Waals surface area contributed by atoms with E-state index in [0.29, 0.717) is 18.2 Å². The van der Waals surface area contributed by atoms with Gasteiger partial charge >= 0.3 is 5.63 Å². The van der Waals surface area contributed by atoms with Crippen molar-refractivity contribution in [1.29, 1.82) is 0 Å². The first-order valence-corrected chi connectivity index (χ1v) is 10.1. The molecule has 0 radical (unpaired) electrons. The standard InChI is InChI=1S/C24H27NO3/c1-3-4-8-19-13-23(26)28-24-20(19)11-12-22-21(24)15-25(16-27-22)14-17(2)18-9-6-5-7-10-18/h5-7,9-13,17H,3-4,8,14-16H2,1-2H3/t17-/m0/s1. The summed E-state index contributed by atoms with van der Waals surface area (Å²) in [6.45, 7) is 6.56. The molecule has 2 aromatic carbocycles. The van der Waals surface area contributed by atoms with Gasteiger partial charge in [0.05, 0.1) is 5.56 Å². The fraction of sp³-hybridized carbons (Fsp3) is 0.375. The number of fused-ring (bicyclic) bond motifs is 3. The molecule has 0 saturated carbocycles. The molecule has 0 N–H and O–H groups in total. The third-order valence-corrected chi connectivity index (χ3v) is 5.54. The first-order valence-electron chi connectivity index (χ1n) is 10.1. The molecular weight excluding hydrogens is 350 g/mol. The Morgan fingerprint density at radius 3 is 2.75 bits per heavy atom. The summed E-state index contributed by atoms with van der Waals surface area (Å²) in [6, 6.07) is 16.2. The highest BCUT2D eigenvalue weighted by molar-refractivity contribution is 5.85. The van der Waals surface area contributed by atoms with Gasteiger partial charge in [-0.2, -0.15) is 0 Å². The fourth-order valence-corrected chi connectivity index (χ4v) is 4.01.